The number of benzene rings is 1. The molecule has 0 fully saturated rings. The first kappa shape index (κ1) is 11.7. The van der Waals surface area contributed by atoms with Gasteiger partial charge in [-0.3, -0.25) is 4.79 Å². The monoisotopic (exact) mass is 259 g/mol. The van der Waals surface area contributed by atoms with Crippen molar-refractivity contribution in [3.63, 3.8) is 0 Å². The molecule has 6 heteroatoms. The molecule has 1 aliphatic rings. The van der Waals surface area contributed by atoms with E-state index in [9.17, 15) is 4.79 Å². The van der Waals surface area contributed by atoms with Gasteiger partial charge in [-0.25, -0.2) is 9.67 Å². The molecule has 19 heavy (non-hydrogen) atoms. The Hall–Kier alpha value is -2.37. The molecule has 0 N–H and O–H groups in total. The third-order valence-electron chi connectivity index (χ3n) is 2.90. The van der Waals surface area contributed by atoms with Gasteiger partial charge in [0.15, 0.2) is 23.6 Å². The molecule has 2 heterocycles. The Kier molecular flexibility index (Phi) is 2.70. The lowest BCUT2D eigenvalue weighted by Crippen LogP contribution is -1.99. The van der Waals surface area contributed by atoms with Crippen LogP contribution in [-0.4, -0.2) is 27.8 Å². The minimum Gasteiger partial charge on any atom is -0.453 e. The molecule has 1 aromatic carbocycles. The van der Waals surface area contributed by atoms with Crippen LogP contribution in [0, 0.1) is 0 Å². The van der Waals surface area contributed by atoms with E-state index in [1.165, 1.54) is 0 Å². The minimum absolute atomic E-state index is 0.133. The fourth-order valence-electron chi connectivity index (χ4n) is 1.91. The molecule has 1 aromatic heterocycles. The molecule has 0 radical (unpaired) electrons. The summed E-state index contributed by atoms with van der Waals surface area (Å²) in [4.78, 5) is 15.3. The van der Waals surface area contributed by atoms with E-state index >= 15 is 0 Å². The third kappa shape index (κ3) is 1.95. The number of carbonyl (C=O) groups is 1. The quantitative estimate of drug-likeness (QED) is 0.788. The van der Waals surface area contributed by atoms with Crippen LogP contribution in [0.5, 0.6) is 11.5 Å². The summed E-state index contributed by atoms with van der Waals surface area (Å²) in [7, 11) is 0. The number of carbonyl (C=O) groups excluding carboxylic acids is 1. The molecule has 0 saturated heterocycles. The fraction of sp³-hybridized carbons (Fsp3) is 0.308. The normalized spacial score (nSPS) is 13.0. The highest BCUT2D eigenvalue weighted by Crippen LogP contribution is 2.36. The maximum Gasteiger partial charge on any atom is 0.231 e. The van der Waals surface area contributed by atoms with Crippen molar-refractivity contribution in [3.05, 3.63) is 29.8 Å². The van der Waals surface area contributed by atoms with Gasteiger partial charge in [0.05, 0.1) is 11.3 Å². The summed E-state index contributed by atoms with van der Waals surface area (Å²) in [5, 5.41) is 4.37. The molecule has 0 atom stereocenters. The Morgan fingerprint density at radius 1 is 1.37 bits per heavy atom. The number of fused-ring (bicyclic) bond motifs is 1. The Morgan fingerprint density at radius 3 is 2.89 bits per heavy atom. The van der Waals surface area contributed by atoms with Gasteiger partial charge in [-0.1, -0.05) is 13.8 Å². The van der Waals surface area contributed by atoms with Gasteiger partial charge in [-0.2, -0.15) is 5.10 Å². The van der Waals surface area contributed by atoms with Crippen LogP contribution in [0.3, 0.4) is 0 Å². The number of aldehydes is 1. The lowest BCUT2D eigenvalue weighted by atomic mass is 10.2. The Morgan fingerprint density at radius 2 is 2.21 bits per heavy atom. The van der Waals surface area contributed by atoms with Gasteiger partial charge < -0.3 is 9.47 Å². The number of hydrogen-bond acceptors (Lipinski definition) is 5. The predicted molar refractivity (Wildman–Crippen MR) is 67.0 cm³/mol. The van der Waals surface area contributed by atoms with Crippen LogP contribution in [0.15, 0.2) is 18.5 Å². The van der Waals surface area contributed by atoms with Crippen LogP contribution >= 0.6 is 0 Å². The van der Waals surface area contributed by atoms with Gasteiger partial charge in [0.1, 0.15) is 6.33 Å². The molecule has 0 bridgehead atoms. The Labute approximate surface area is 110 Å². The SMILES string of the molecule is CC(C)c1ncn(-c2cc(C=O)c3c(c2)OCO3)n1. The summed E-state index contributed by atoms with van der Waals surface area (Å²) in [6.45, 7) is 4.18. The topological polar surface area (TPSA) is 66.2 Å². The molecule has 2 aromatic rings. The molecule has 0 unspecified atom stereocenters. The average Bonchev–Trinajstić information content (AvgIpc) is 3.05. The Bertz CT molecular complexity index is 634. The van der Waals surface area contributed by atoms with Gasteiger partial charge in [0.25, 0.3) is 0 Å². The molecule has 98 valence electrons. The fourth-order valence-corrected chi connectivity index (χ4v) is 1.91. The van der Waals surface area contributed by atoms with Crippen LogP contribution < -0.4 is 9.47 Å². The Balaban J connectivity index is 2.07. The van der Waals surface area contributed by atoms with E-state index < -0.39 is 0 Å². The van der Waals surface area contributed by atoms with Crippen LogP contribution in [0.25, 0.3) is 5.69 Å². The summed E-state index contributed by atoms with van der Waals surface area (Å²) in [6, 6.07) is 3.49. The molecule has 0 amide bonds. The predicted octanol–water partition coefficient (Wildman–Crippen LogP) is 1.93. The van der Waals surface area contributed by atoms with Crippen LogP contribution in [0.4, 0.5) is 0 Å². The highest BCUT2D eigenvalue weighted by atomic mass is 16.7. The number of ether oxygens (including phenoxy) is 2. The second-order valence-electron chi connectivity index (χ2n) is 4.59. The second kappa shape index (κ2) is 4.38. The van der Waals surface area contributed by atoms with E-state index in [0.717, 1.165) is 17.8 Å². The molecule has 0 saturated carbocycles. The summed E-state index contributed by atoms with van der Waals surface area (Å²) in [5.41, 5.74) is 1.18. The van der Waals surface area contributed by atoms with Gasteiger partial charge >= 0.3 is 0 Å². The van der Waals surface area contributed by atoms with Gasteiger partial charge in [0, 0.05) is 12.0 Å². The van der Waals surface area contributed by atoms with Crippen molar-refractivity contribution in [2.75, 3.05) is 6.79 Å². The number of aromatic nitrogens is 3. The first-order valence-electron chi connectivity index (χ1n) is 6.00. The number of rotatable bonds is 3. The van der Waals surface area contributed by atoms with Crippen molar-refractivity contribution in [2.45, 2.75) is 19.8 Å². The first-order valence-corrected chi connectivity index (χ1v) is 6.00. The van der Waals surface area contributed by atoms with Crippen molar-refractivity contribution in [3.8, 4) is 17.2 Å². The zero-order valence-corrected chi connectivity index (χ0v) is 10.7. The smallest absolute Gasteiger partial charge is 0.231 e. The molecule has 6 nitrogen and oxygen atoms in total. The van der Waals surface area contributed by atoms with Crippen molar-refractivity contribution < 1.29 is 14.3 Å². The lowest BCUT2D eigenvalue weighted by molar-refractivity contribution is 0.111. The van der Waals surface area contributed by atoms with E-state index in [0.29, 0.717) is 17.1 Å². The van der Waals surface area contributed by atoms with Crippen LogP contribution in [0.1, 0.15) is 35.9 Å². The molecule has 0 aliphatic carbocycles. The second-order valence-corrected chi connectivity index (χ2v) is 4.59. The zero-order chi connectivity index (χ0) is 13.4. The van der Waals surface area contributed by atoms with E-state index in [1.807, 2.05) is 13.8 Å². The maximum atomic E-state index is 11.1. The van der Waals surface area contributed by atoms with Gasteiger partial charge in [-0.05, 0) is 6.07 Å². The summed E-state index contributed by atoms with van der Waals surface area (Å²) < 4.78 is 12.2. The summed E-state index contributed by atoms with van der Waals surface area (Å²) in [5.74, 6) is 2.05. The van der Waals surface area contributed by atoms with Crippen molar-refractivity contribution >= 4 is 6.29 Å². The lowest BCUT2D eigenvalue weighted by Gasteiger charge is -2.05. The van der Waals surface area contributed by atoms with E-state index in [-0.39, 0.29) is 12.7 Å². The highest BCUT2D eigenvalue weighted by Gasteiger charge is 2.20. The van der Waals surface area contributed by atoms with E-state index in [1.54, 1.807) is 23.1 Å². The standard InChI is InChI=1S/C13H13N3O3/c1-8(2)13-14-6-16(15-13)10-3-9(5-17)12-11(4-10)18-7-19-12/h3-6,8H,7H2,1-2H3. The molecule has 3 rings (SSSR count). The summed E-state index contributed by atoms with van der Waals surface area (Å²) in [6.07, 6.45) is 2.37. The van der Waals surface area contributed by atoms with Gasteiger partial charge in [0.2, 0.25) is 6.79 Å². The molecule has 1 aliphatic heterocycles. The van der Waals surface area contributed by atoms with E-state index in [4.69, 9.17) is 9.47 Å². The maximum absolute atomic E-state index is 11.1. The van der Waals surface area contributed by atoms with Crippen molar-refractivity contribution in [1.82, 2.24) is 14.8 Å². The zero-order valence-electron chi connectivity index (χ0n) is 10.7. The average molecular weight is 259 g/mol. The van der Waals surface area contributed by atoms with Crippen molar-refractivity contribution in [1.29, 1.82) is 0 Å². The first-order chi connectivity index (χ1) is 9.19. The number of hydrogen-bond donors (Lipinski definition) is 0. The summed E-state index contributed by atoms with van der Waals surface area (Å²) >= 11 is 0. The molecule has 0 spiro atoms. The molecular formula is C13H13N3O3. The van der Waals surface area contributed by atoms with Crippen molar-refractivity contribution in [2.24, 2.45) is 0 Å². The van der Waals surface area contributed by atoms with Crippen LogP contribution in [-0.2, 0) is 0 Å². The minimum atomic E-state index is 0.133. The van der Waals surface area contributed by atoms with Gasteiger partial charge in [-0.15, -0.1) is 0 Å². The largest absolute Gasteiger partial charge is 0.453 e. The highest BCUT2D eigenvalue weighted by molar-refractivity contribution is 5.83. The number of nitrogens with zero attached hydrogens (tertiary/aromatic N) is 3. The van der Waals surface area contributed by atoms with Crippen LogP contribution in [0.2, 0.25) is 0 Å². The third-order valence-corrected chi connectivity index (χ3v) is 2.90. The van der Waals surface area contributed by atoms with E-state index in [2.05, 4.69) is 10.1 Å². The molecular weight excluding hydrogens is 246 g/mol.